The van der Waals surface area contributed by atoms with Crippen molar-refractivity contribution in [3.63, 3.8) is 0 Å². The zero-order valence-electron chi connectivity index (χ0n) is 9.37. The Bertz CT molecular complexity index is 615. The summed E-state index contributed by atoms with van der Waals surface area (Å²) >= 11 is 5.07. The number of rotatable bonds is 1. The van der Waals surface area contributed by atoms with Crippen LogP contribution in [0.3, 0.4) is 0 Å². The van der Waals surface area contributed by atoms with Crippen LogP contribution in [0.15, 0.2) is 18.2 Å². The largest absolute Gasteiger partial charge is 0.486 e. The highest BCUT2D eigenvalue weighted by Crippen LogP contribution is 2.34. The second kappa shape index (κ2) is 3.92. The number of aromatic amines is 2. The smallest absolute Gasteiger partial charge is 0.175 e. The van der Waals surface area contributed by atoms with E-state index in [4.69, 9.17) is 21.7 Å². The molecule has 1 aromatic carbocycles. The third kappa shape index (κ3) is 1.82. The molecular formula is C12H12N2O2S. The predicted octanol–water partition coefficient (Wildman–Crippen LogP) is 2.82. The quantitative estimate of drug-likeness (QED) is 0.763. The summed E-state index contributed by atoms with van der Waals surface area (Å²) in [5, 5.41) is 0. The number of ether oxygens (including phenoxy) is 2. The maximum Gasteiger partial charge on any atom is 0.175 e. The average Bonchev–Trinajstić information content (AvgIpc) is 2.68. The highest BCUT2D eigenvalue weighted by molar-refractivity contribution is 7.71. The number of benzene rings is 1. The molecule has 1 aromatic heterocycles. The molecule has 0 saturated carbocycles. The van der Waals surface area contributed by atoms with Gasteiger partial charge in [-0.1, -0.05) is 0 Å². The fourth-order valence-corrected chi connectivity index (χ4v) is 2.21. The van der Waals surface area contributed by atoms with E-state index in [9.17, 15) is 0 Å². The van der Waals surface area contributed by atoms with Crippen molar-refractivity contribution in [1.82, 2.24) is 9.97 Å². The van der Waals surface area contributed by atoms with Crippen molar-refractivity contribution in [3.05, 3.63) is 28.7 Å². The number of hydrogen-bond donors (Lipinski definition) is 2. The molecule has 1 aliphatic heterocycles. The van der Waals surface area contributed by atoms with Crippen molar-refractivity contribution in [2.75, 3.05) is 13.2 Å². The van der Waals surface area contributed by atoms with E-state index >= 15 is 0 Å². The molecule has 0 aliphatic carbocycles. The highest BCUT2D eigenvalue weighted by Gasteiger charge is 2.13. The van der Waals surface area contributed by atoms with E-state index in [1.807, 2.05) is 25.1 Å². The molecule has 17 heavy (non-hydrogen) atoms. The molecule has 0 bridgehead atoms. The van der Waals surface area contributed by atoms with E-state index in [0.717, 1.165) is 28.5 Å². The molecule has 4 nitrogen and oxygen atoms in total. The second-order valence-corrected chi connectivity index (χ2v) is 4.35. The van der Waals surface area contributed by atoms with Crippen LogP contribution in [0.1, 0.15) is 5.69 Å². The number of aryl methyl sites for hydroxylation is 1. The van der Waals surface area contributed by atoms with E-state index in [0.29, 0.717) is 18.0 Å². The van der Waals surface area contributed by atoms with Crippen LogP contribution in [0.5, 0.6) is 11.5 Å². The maximum atomic E-state index is 5.56. The molecule has 0 radical (unpaired) electrons. The van der Waals surface area contributed by atoms with Crippen LogP contribution in [0.25, 0.3) is 11.3 Å². The number of imidazole rings is 1. The summed E-state index contributed by atoms with van der Waals surface area (Å²) in [4.78, 5) is 6.20. The van der Waals surface area contributed by atoms with Gasteiger partial charge in [0.25, 0.3) is 0 Å². The van der Waals surface area contributed by atoms with Gasteiger partial charge in [-0.05, 0) is 37.3 Å². The number of fused-ring (bicyclic) bond motifs is 1. The first-order valence-corrected chi connectivity index (χ1v) is 5.84. The van der Waals surface area contributed by atoms with Gasteiger partial charge in [0, 0.05) is 11.3 Å². The highest BCUT2D eigenvalue weighted by atomic mass is 32.1. The Morgan fingerprint density at radius 2 is 1.88 bits per heavy atom. The molecule has 0 unspecified atom stereocenters. The van der Waals surface area contributed by atoms with Gasteiger partial charge in [-0.25, -0.2) is 0 Å². The lowest BCUT2D eigenvalue weighted by Crippen LogP contribution is -2.15. The van der Waals surface area contributed by atoms with Crippen LogP contribution < -0.4 is 9.47 Å². The molecule has 5 heteroatoms. The minimum atomic E-state index is 0.596. The maximum absolute atomic E-state index is 5.56. The Morgan fingerprint density at radius 3 is 2.59 bits per heavy atom. The Hall–Kier alpha value is -1.75. The summed E-state index contributed by atoms with van der Waals surface area (Å²) in [5.74, 6) is 1.58. The summed E-state index contributed by atoms with van der Waals surface area (Å²) in [6, 6.07) is 5.89. The van der Waals surface area contributed by atoms with Crippen molar-refractivity contribution in [1.29, 1.82) is 0 Å². The van der Waals surface area contributed by atoms with Crippen LogP contribution >= 0.6 is 12.2 Å². The van der Waals surface area contributed by atoms with E-state index in [2.05, 4.69) is 9.97 Å². The van der Waals surface area contributed by atoms with Crippen molar-refractivity contribution < 1.29 is 9.47 Å². The number of hydrogen-bond acceptors (Lipinski definition) is 3. The lowest BCUT2D eigenvalue weighted by Gasteiger charge is -2.18. The van der Waals surface area contributed by atoms with Gasteiger partial charge in [-0.15, -0.1) is 0 Å². The zero-order chi connectivity index (χ0) is 11.8. The van der Waals surface area contributed by atoms with Crippen molar-refractivity contribution >= 4 is 12.2 Å². The Morgan fingerprint density at radius 1 is 1.12 bits per heavy atom. The summed E-state index contributed by atoms with van der Waals surface area (Å²) in [6.45, 7) is 3.19. The summed E-state index contributed by atoms with van der Waals surface area (Å²) in [7, 11) is 0. The average molecular weight is 248 g/mol. The fraction of sp³-hybridized carbons (Fsp3) is 0.250. The topological polar surface area (TPSA) is 50.0 Å². The van der Waals surface area contributed by atoms with Gasteiger partial charge in [-0.3, -0.25) is 0 Å². The summed E-state index contributed by atoms with van der Waals surface area (Å²) in [5.41, 5.74) is 3.05. The van der Waals surface area contributed by atoms with Gasteiger partial charge in [0.1, 0.15) is 13.2 Å². The lowest BCUT2D eigenvalue weighted by molar-refractivity contribution is 0.171. The minimum absolute atomic E-state index is 0.596. The lowest BCUT2D eigenvalue weighted by atomic mass is 10.1. The van der Waals surface area contributed by atoms with Crippen LogP contribution in [0.4, 0.5) is 0 Å². The van der Waals surface area contributed by atoms with Gasteiger partial charge in [0.05, 0.1) is 5.69 Å². The first kappa shape index (κ1) is 10.4. The molecule has 0 atom stereocenters. The second-order valence-electron chi connectivity index (χ2n) is 3.94. The molecule has 0 amide bonds. The molecular weight excluding hydrogens is 236 g/mol. The molecule has 1 aliphatic rings. The van der Waals surface area contributed by atoms with Crippen molar-refractivity contribution in [2.45, 2.75) is 6.92 Å². The first-order valence-electron chi connectivity index (χ1n) is 5.43. The van der Waals surface area contributed by atoms with Gasteiger partial charge < -0.3 is 19.4 Å². The number of H-pyrrole nitrogens is 2. The van der Waals surface area contributed by atoms with E-state index < -0.39 is 0 Å². The molecule has 2 N–H and O–H groups in total. The van der Waals surface area contributed by atoms with Crippen LogP contribution in [-0.2, 0) is 0 Å². The van der Waals surface area contributed by atoms with E-state index in [1.54, 1.807) is 0 Å². The Balaban J connectivity index is 2.09. The Kier molecular flexibility index (Phi) is 2.40. The summed E-state index contributed by atoms with van der Waals surface area (Å²) < 4.78 is 11.7. The van der Waals surface area contributed by atoms with Gasteiger partial charge >= 0.3 is 0 Å². The SMILES string of the molecule is Cc1[nH]c(=S)[nH]c1-c1ccc2c(c1)OCCO2. The van der Waals surface area contributed by atoms with Crippen LogP contribution in [-0.4, -0.2) is 23.2 Å². The van der Waals surface area contributed by atoms with Gasteiger partial charge in [0.2, 0.25) is 0 Å². The molecule has 0 spiro atoms. The molecule has 0 fully saturated rings. The molecule has 0 saturated heterocycles. The molecule has 2 heterocycles. The monoisotopic (exact) mass is 248 g/mol. The summed E-state index contributed by atoms with van der Waals surface area (Å²) in [6.07, 6.45) is 0. The third-order valence-electron chi connectivity index (χ3n) is 2.75. The Labute approximate surface area is 104 Å². The molecule has 2 aromatic rings. The standard InChI is InChI=1S/C12H12N2O2S/c1-7-11(14-12(17)13-7)8-2-3-9-10(6-8)16-5-4-15-9/h2-3,6H,4-5H2,1H3,(H2,13,14,17). The van der Waals surface area contributed by atoms with Crippen molar-refractivity contribution in [2.24, 2.45) is 0 Å². The first-order chi connectivity index (χ1) is 8.24. The van der Waals surface area contributed by atoms with E-state index in [1.165, 1.54) is 0 Å². The number of aromatic nitrogens is 2. The number of nitrogens with one attached hydrogen (secondary N) is 2. The van der Waals surface area contributed by atoms with Crippen molar-refractivity contribution in [3.8, 4) is 22.8 Å². The third-order valence-corrected chi connectivity index (χ3v) is 2.95. The van der Waals surface area contributed by atoms with Crippen LogP contribution in [0, 0.1) is 11.7 Å². The minimum Gasteiger partial charge on any atom is -0.486 e. The zero-order valence-corrected chi connectivity index (χ0v) is 10.2. The molecule has 88 valence electrons. The molecule has 3 rings (SSSR count). The van der Waals surface area contributed by atoms with E-state index in [-0.39, 0.29) is 0 Å². The van der Waals surface area contributed by atoms with Crippen LogP contribution in [0.2, 0.25) is 0 Å². The predicted molar refractivity (Wildman–Crippen MR) is 67.1 cm³/mol. The fourth-order valence-electron chi connectivity index (χ4n) is 1.96. The van der Waals surface area contributed by atoms with Gasteiger partial charge in [-0.2, -0.15) is 0 Å². The normalized spacial score (nSPS) is 13.7. The van der Waals surface area contributed by atoms with Gasteiger partial charge in [0.15, 0.2) is 16.3 Å².